The van der Waals surface area contributed by atoms with Crippen molar-refractivity contribution in [2.45, 2.75) is 26.9 Å². The molecule has 0 saturated carbocycles. The first-order chi connectivity index (χ1) is 9.93. The van der Waals surface area contributed by atoms with Gasteiger partial charge in [0.25, 0.3) is 0 Å². The summed E-state index contributed by atoms with van der Waals surface area (Å²) < 4.78 is 16.1. The molecule has 110 valence electrons. The second kappa shape index (κ2) is 4.63. The van der Waals surface area contributed by atoms with Crippen LogP contribution in [-0.4, -0.2) is 18.2 Å². The summed E-state index contributed by atoms with van der Waals surface area (Å²) in [6.45, 7) is 5.57. The molecule has 1 aromatic carbocycles. The zero-order valence-electron chi connectivity index (χ0n) is 12.3. The molecule has 0 saturated heterocycles. The van der Waals surface area contributed by atoms with Gasteiger partial charge in [-0.1, -0.05) is 0 Å². The van der Waals surface area contributed by atoms with Crippen molar-refractivity contribution in [2.24, 2.45) is 0 Å². The van der Waals surface area contributed by atoms with E-state index in [1.54, 1.807) is 6.07 Å². The highest BCUT2D eigenvalue weighted by atomic mass is 16.5. The minimum Gasteiger partial charge on any atom is -0.467 e. The van der Waals surface area contributed by atoms with E-state index in [1.165, 1.54) is 7.11 Å². The lowest BCUT2D eigenvalue weighted by Gasteiger charge is -2.11. The predicted molar refractivity (Wildman–Crippen MR) is 77.2 cm³/mol. The van der Waals surface area contributed by atoms with Crippen LogP contribution in [0.5, 0.6) is 0 Å². The normalized spacial score (nSPS) is 13.0. The molecule has 0 fully saturated rings. The Labute approximate surface area is 121 Å². The molecule has 1 atom stereocenters. The molecule has 0 spiro atoms. The van der Waals surface area contributed by atoms with Crippen LogP contribution in [0, 0.1) is 20.8 Å². The van der Waals surface area contributed by atoms with E-state index >= 15 is 0 Å². The molecule has 3 aromatic rings. The third kappa shape index (κ3) is 1.93. The number of hydrogen-bond donors (Lipinski definition) is 1. The highest BCUT2D eigenvalue weighted by molar-refractivity contribution is 6.04. The van der Waals surface area contributed by atoms with E-state index in [2.05, 4.69) is 4.74 Å². The molecule has 1 unspecified atom stereocenters. The van der Waals surface area contributed by atoms with Crippen LogP contribution in [0.3, 0.4) is 0 Å². The van der Waals surface area contributed by atoms with E-state index in [0.717, 1.165) is 10.9 Å². The third-order valence-electron chi connectivity index (χ3n) is 3.69. The van der Waals surface area contributed by atoms with Crippen LogP contribution in [0.1, 0.15) is 28.8 Å². The quantitative estimate of drug-likeness (QED) is 0.732. The molecule has 2 heterocycles. The third-order valence-corrected chi connectivity index (χ3v) is 3.69. The standard InChI is InChI=1S/C16H16O5/c1-7-5-10-9(3)14-11(6-8(2)20-14)12(15(10)21-7)13(17)16(18)19-4/h5-6,13,17H,1-4H3. The molecule has 0 aliphatic rings. The van der Waals surface area contributed by atoms with Gasteiger partial charge in [0, 0.05) is 21.9 Å². The number of fused-ring (bicyclic) bond motifs is 2. The van der Waals surface area contributed by atoms with E-state index in [-0.39, 0.29) is 0 Å². The van der Waals surface area contributed by atoms with Gasteiger partial charge in [-0.3, -0.25) is 0 Å². The fraction of sp³-hybridized carbons (Fsp3) is 0.312. The maximum Gasteiger partial charge on any atom is 0.339 e. The number of methoxy groups -OCH3 is 1. The van der Waals surface area contributed by atoms with Crippen LogP contribution >= 0.6 is 0 Å². The summed E-state index contributed by atoms with van der Waals surface area (Å²) in [6, 6.07) is 3.66. The average Bonchev–Trinajstić information content (AvgIpc) is 3.01. The monoisotopic (exact) mass is 288 g/mol. The molecular formula is C16H16O5. The molecule has 3 rings (SSSR count). The van der Waals surface area contributed by atoms with Crippen molar-refractivity contribution in [3.05, 3.63) is 34.8 Å². The van der Waals surface area contributed by atoms with Crippen LogP contribution in [0.15, 0.2) is 21.0 Å². The van der Waals surface area contributed by atoms with Crippen molar-refractivity contribution in [3.8, 4) is 0 Å². The van der Waals surface area contributed by atoms with Gasteiger partial charge in [0.1, 0.15) is 22.7 Å². The minimum absolute atomic E-state index is 0.391. The first kappa shape index (κ1) is 13.7. The van der Waals surface area contributed by atoms with Gasteiger partial charge in [-0.25, -0.2) is 4.79 Å². The van der Waals surface area contributed by atoms with Gasteiger partial charge in [0.15, 0.2) is 6.10 Å². The van der Waals surface area contributed by atoms with E-state index in [0.29, 0.717) is 33.6 Å². The Bertz CT molecular complexity index is 795. The maximum atomic E-state index is 11.8. The molecule has 0 amide bonds. The summed E-state index contributed by atoms with van der Waals surface area (Å²) in [6.07, 6.45) is -1.41. The highest BCUT2D eigenvalue weighted by Gasteiger charge is 2.28. The topological polar surface area (TPSA) is 72.8 Å². The van der Waals surface area contributed by atoms with Crippen molar-refractivity contribution < 1.29 is 23.5 Å². The fourth-order valence-electron chi connectivity index (χ4n) is 2.73. The second-order valence-corrected chi connectivity index (χ2v) is 5.16. The molecule has 5 heteroatoms. The number of aliphatic hydroxyl groups excluding tert-OH is 1. The average molecular weight is 288 g/mol. The number of ether oxygens (including phenoxy) is 1. The molecule has 0 aliphatic carbocycles. The summed E-state index contributed by atoms with van der Waals surface area (Å²) in [5.41, 5.74) is 2.46. The SMILES string of the molecule is COC(=O)C(O)c1c2cc(C)oc2c(C)c2cc(C)oc12. The van der Waals surface area contributed by atoms with Crippen LogP contribution in [0.4, 0.5) is 0 Å². The Balaban J connectivity index is 2.47. The predicted octanol–water partition coefficient (Wildman–Crippen LogP) is 3.31. The highest BCUT2D eigenvalue weighted by Crippen LogP contribution is 2.39. The summed E-state index contributed by atoms with van der Waals surface area (Å²) in [4.78, 5) is 11.8. The van der Waals surface area contributed by atoms with Crippen LogP contribution in [0.2, 0.25) is 0 Å². The molecular weight excluding hydrogens is 272 g/mol. The van der Waals surface area contributed by atoms with Crippen LogP contribution < -0.4 is 0 Å². The number of rotatable bonds is 2. The van der Waals surface area contributed by atoms with Crippen molar-refractivity contribution in [2.75, 3.05) is 7.11 Å². The van der Waals surface area contributed by atoms with E-state index < -0.39 is 12.1 Å². The number of furan rings is 2. The lowest BCUT2D eigenvalue weighted by Crippen LogP contribution is -2.14. The van der Waals surface area contributed by atoms with Gasteiger partial charge < -0.3 is 18.7 Å². The number of carbonyl (C=O) groups is 1. The van der Waals surface area contributed by atoms with Crippen molar-refractivity contribution in [3.63, 3.8) is 0 Å². The molecule has 2 aromatic heterocycles. The summed E-state index contributed by atoms with van der Waals surface area (Å²) in [5.74, 6) is 0.681. The zero-order chi connectivity index (χ0) is 15.3. The number of aliphatic hydroxyl groups is 1. The fourth-order valence-corrected chi connectivity index (χ4v) is 2.73. The Morgan fingerprint density at radius 3 is 2.29 bits per heavy atom. The number of aryl methyl sites for hydroxylation is 3. The van der Waals surface area contributed by atoms with Crippen molar-refractivity contribution >= 4 is 27.9 Å². The van der Waals surface area contributed by atoms with Gasteiger partial charge >= 0.3 is 5.97 Å². The van der Waals surface area contributed by atoms with Gasteiger partial charge in [-0.2, -0.15) is 0 Å². The Kier molecular flexibility index (Phi) is 3.02. The molecule has 5 nitrogen and oxygen atoms in total. The van der Waals surface area contributed by atoms with Crippen molar-refractivity contribution in [1.29, 1.82) is 0 Å². The summed E-state index contributed by atoms with van der Waals surface area (Å²) >= 11 is 0. The van der Waals surface area contributed by atoms with Crippen LogP contribution in [-0.2, 0) is 9.53 Å². The Morgan fingerprint density at radius 1 is 1.10 bits per heavy atom. The van der Waals surface area contributed by atoms with Gasteiger partial charge in [-0.05, 0) is 32.9 Å². The van der Waals surface area contributed by atoms with E-state index in [4.69, 9.17) is 8.83 Å². The first-order valence-electron chi connectivity index (χ1n) is 6.62. The van der Waals surface area contributed by atoms with Crippen LogP contribution in [0.25, 0.3) is 21.9 Å². The number of carbonyl (C=O) groups excluding carboxylic acids is 1. The zero-order valence-corrected chi connectivity index (χ0v) is 12.3. The van der Waals surface area contributed by atoms with E-state index in [9.17, 15) is 9.90 Å². The summed E-state index contributed by atoms with van der Waals surface area (Å²) in [7, 11) is 1.24. The van der Waals surface area contributed by atoms with Gasteiger partial charge in [0.05, 0.1) is 7.11 Å². The molecule has 0 aliphatic heterocycles. The second-order valence-electron chi connectivity index (χ2n) is 5.16. The summed E-state index contributed by atoms with van der Waals surface area (Å²) in [5, 5.41) is 11.8. The number of esters is 1. The number of hydrogen-bond acceptors (Lipinski definition) is 5. The van der Waals surface area contributed by atoms with Crippen molar-refractivity contribution in [1.82, 2.24) is 0 Å². The van der Waals surface area contributed by atoms with Gasteiger partial charge in [0.2, 0.25) is 0 Å². The Hall–Kier alpha value is -2.27. The molecule has 1 N–H and O–H groups in total. The smallest absolute Gasteiger partial charge is 0.339 e. The molecule has 0 radical (unpaired) electrons. The molecule has 21 heavy (non-hydrogen) atoms. The number of benzene rings is 1. The minimum atomic E-state index is -1.41. The molecule has 0 bridgehead atoms. The largest absolute Gasteiger partial charge is 0.467 e. The Morgan fingerprint density at radius 2 is 1.67 bits per heavy atom. The lowest BCUT2D eigenvalue weighted by atomic mass is 9.98. The lowest BCUT2D eigenvalue weighted by molar-refractivity contribution is -0.150. The van der Waals surface area contributed by atoms with Gasteiger partial charge in [-0.15, -0.1) is 0 Å². The maximum absolute atomic E-state index is 11.8. The first-order valence-corrected chi connectivity index (χ1v) is 6.62. The van der Waals surface area contributed by atoms with E-state index in [1.807, 2.05) is 26.8 Å².